The number of alkyl halides is 3. The van der Waals surface area contributed by atoms with Gasteiger partial charge < -0.3 is 5.32 Å². The predicted molar refractivity (Wildman–Crippen MR) is 70.7 cm³/mol. The van der Waals surface area contributed by atoms with Gasteiger partial charge in [-0.1, -0.05) is 26.0 Å². The molecule has 4 nitrogen and oxygen atoms in total. The van der Waals surface area contributed by atoms with Crippen LogP contribution in [-0.2, 0) is 11.0 Å². The van der Waals surface area contributed by atoms with Crippen molar-refractivity contribution in [1.29, 1.82) is 0 Å². The smallest absolute Gasteiger partial charge is 0.325 e. The first kappa shape index (κ1) is 15.3. The monoisotopic (exact) mass is 300 g/mol. The minimum atomic E-state index is -4.63. The number of nitrogens with one attached hydrogen (secondary N) is 1. The molecule has 0 aromatic heterocycles. The van der Waals surface area contributed by atoms with Gasteiger partial charge in [0.25, 0.3) is 5.91 Å². The molecule has 1 aliphatic heterocycles. The van der Waals surface area contributed by atoms with Crippen molar-refractivity contribution in [3.8, 4) is 0 Å². The summed E-state index contributed by atoms with van der Waals surface area (Å²) in [7, 11) is 0. The first-order valence-corrected chi connectivity index (χ1v) is 6.52. The quantitative estimate of drug-likeness (QED) is 0.872. The van der Waals surface area contributed by atoms with Crippen LogP contribution in [0.1, 0.15) is 25.8 Å². The van der Waals surface area contributed by atoms with Gasteiger partial charge in [0.1, 0.15) is 6.04 Å². The fourth-order valence-corrected chi connectivity index (χ4v) is 2.30. The first-order chi connectivity index (χ1) is 9.71. The predicted octanol–water partition coefficient (Wildman–Crippen LogP) is 3.18. The Hall–Kier alpha value is -2.05. The van der Waals surface area contributed by atoms with Crippen molar-refractivity contribution in [2.45, 2.75) is 32.5 Å². The third-order valence-corrected chi connectivity index (χ3v) is 3.18. The van der Waals surface area contributed by atoms with Crippen molar-refractivity contribution in [1.82, 2.24) is 5.32 Å². The van der Waals surface area contributed by atoms with Crippen LogP contribution in [0.15, 0.2) is 24.3 Å². The lowest BCUT2D eigenvalue weighted by molar-refractivity contribution is -0.137. The zero-order valence-corrected chi connectivity index (χ0v) is 11.6. The van der Waals surface area contributed by atoms with Crippen LogP contribution in [0.4, 0.5) is 23.7 Å². The van der Waals surface area contributed by atoms with E-state index in [-0.39, 0.29) is 5.92 Å². The maximum atomic E-state index is 13.0. The number of nitrogens with zero attached hydrogens (tertiary/aromatic N) is 1. The minimum Gasteiger partial charge on any atom is -0.325 e. The van der Waals surface area contributed by atoms with Crippen molar-refractivity contribution < 1.29 is 22.8 Å². The topological polar surface area (TPSA) is 49.4 Å². The van der Waals surface area contributed by atoms with Crippen LogP contribution in [0, 0.1) is 5.92 Å². The number of hydrogen-bond acceptors (Lipinski definition) is 2. The van der Waals surface area contributed by atoms with Gasteiger partial charge in [-0.2, -0.15) is 13.2 Å². The number of para-hydroxylation sites is 1. The van der Waals surface area contributed by atoms with Gasteiger partial charge in [-0.25, -0.2) is 9.69 Å². The second kappa shape index (κ2) is 5.38. The van der Waals surface area contributed by atoms with Crippen LogP contribution in [0.3, 0.4) is 0 Å². The maximum absolute atomic E-state index is 13.0. The van der Waals surface area contributed by atoms with Crippen molar-refractivity contribution in [2.24, 2.45) is 5.92 Å². The number of anilines is 1. The highest BCUT2D eigenvalue weighted by Gasteiger charge is 2.43. The van der Waals surface area contributed by atoms with Gasteiger partial charge in [0.05, 0.1) is 11.3 Å². The molecule has 0 saturated carbocycles. The summed E-state index contributed by atoms with van der Waals surface area (Å²) in [6.07, 6.45) is -4.25. The van der Waals surface area contributed by atoms with Crippen LogP contribution in [-0.4, -0.2) is 18.0 Å². The summed E-state index contributed by atoms with van der Waals surface area (Å²) in [5, 5.41) is 2.43. The van der Waals surface area contributed by atoms with Gasteiger partial charge in [-0.3, -0.25) is 4.79 Å². The Morgan fingerprint density at radius 3 is 2.43 bits per heavy atom. The SMILES string of the molecule is CC(C)CC1NC(=O)N(c2ccccc2C(F)(F)F)C1=O. The molecule has 1 atom stereocenters. The van der Waals surface area contributed by atoms with E-state index in [0.29, 0.717) is 11.3 Å². The number of urea groups is 1. The number of imide groups is 1. The van der Waals surface area contributed by atoms with Gasteiger partial charge in [-0.05, 0) is 24.5 Å². The van der Waals surface area contributed by atoms with Crippen LogP contribution in [0.5, 0.6) is 0 Å². The summed E-state index contributed by atoms with van der Waals surface area (Å²) in [4.78, 5) is 24.7. The Labute approximate surface area is 119 Å². The maximum Gasteiger partial charge on any atom is 0.418 e. The van der Waals surface area contributed by atoms with E-state index in [1.807, 2.05) is 13.8 Å². The lowest BCUT2D eigenvalue weighted by Gasteiger charge is -2.19. The Morgan fingerprint density at radius 1 is 1.24 bits per heavy atom. The lowest BCUT2D eigenvalue weighted by Crippen LogP contribution is -2.33. The van der Waals surface area contributed by atoms with Crippen LogP contribution in [0.2, 0.25) is 0 Å². The summed E-state index contributed by atoms with van der Waals surface area (Å²) >= 11 is 0. The molecule has 3 amide bonds. The van der Waals surface area contributed by atoms with Crippen LogP contribution < -0.4 is 10.2 Å². The summed E-state index contributed by atoms with van der Waals surface area (Å²) in [6.45, 7) is 3.73. The van der Waals surface area contributed by atoms with E-state index in [2.05, 4.69) is 5.32 Å². The lowest BCUT2D eigenvalue weighted by atomic mass is 10.0. The zero-order valence-electron chi connectivity index (χ0n) is 11.6. The van der Waals surface area contributed by atoms with Gasteiger partial charge in [0.15, 0.2) is 0 Å². The molecule has 114 valence electrons. The number of amides is 3. The van der Waals surface area contributed by atoms with Gasteiger partial charge in [-0.15, -0.1) is 0 Å². The molecule has 1 aromatic carbocycles. The largest absolute Gasteiger partial charge is 0.418 e. The van der Waals surface area contributed by atoms with E-state index in [9.17, 15) is 22.8 Å². The summed E-state index contributed by atoms with van der Waals surface area (Å²) in [5.74, 6) is -0.512. The molecular weight excluding hydrogens is 285 g/mol. The number of halogens is 3. The number of rotatable bonds is 3. The molecular formula is C14H15F3N2O2. The molecule has 21 heavy (non-hydrogen) atoms. The van der Waals surface area contributed by atoms with Gasteiger partial charge in [0.2, 0.25) is 0 Å². The normalized spacial score (nSPS) is 19.3. The van der Waals surface area contributed by atoms with E-state index >= 15 is 0 Å². The number of carbonyl (C=O) groups is 2. The van der Waals surface area contributed by atoms with E-state index < -0.39 is 35.4 Å². The Kier molecular flexibility index (Phi) is 3.93. The van der Waals surface area contributed by atoms with Gasteiger partial charge >= 0.3 is 12.2 Å². The summed E-state index contributed by atoms with van der Waals surface area (Å²) in [6, 6.07) is 2.96. The highest BCUT2D eigenvalue weighted by Crippen LogP contribution is 2.37. The van der Waals surface area contributed by atoms with E-state index in [4.69, 9.17) is 0 Å². The molecule has 2 rings (SSSR count). The number of carbonyl (C=O) groups excluding carboxylic acids is 2. The molecule has 1 fully saturated rings. The second-order valence-corrected chi connectivity index (χ2v) is 5.32. The molecule has 0 spiro atoms. The minimum absolute atomic E-state index is 0.136. The Morgan fingerprint density at radius 2 is 1.86 bits per heavy atom. The third-order valence-electron chi connectivity index (χ3n) is 3.18. The van der Waals surface area contributed by atoms with Crippen LogP contribution >= 0.6 is 0 Å². The Bertz CT molecular complexity index is 570. The van der Waals surface area contributed by atoms with Crippen molar-refractivity contribution in [3.05, 3.63) is 29.8 Å². The third kappa shape index (κ3) is 3.01. The first-order valence-electron chi connectivity index (χ1n) is 6.52. The van der Waals surface area contributed by atoms with E-state index in [1.165, 1.54) is 12.1 Å². The van der Waals surface area contributed by atoms with Gasteiger partial charge in [0, 0.05) is 0 Å². The molecule has 0 bridgehead atoms. The fraction of sp³-hybridized carbons (Fsp3) is 0.429. The molecule has 1 saturated heterocycles. The molecule has 1 aliphatic rings. The highest BCUT2D eigenvalue weighted by molar-refractivity contribution is 6.21. The van der Waals surface area contributed by atoms with Crippen molar-refractivity contribution >= 4 is 17.6 Å². The number of benzene rings is 1. The number of hydrogen-bond donors (Lipinski definition) is 1. The average molecular weight is 300 g/mol. The van der Waals surface area contributed by atoms with E-state index in [1.54, 1.807) is 0 Å². The molecule has 7 heteroatoms. The average Bonchev–Trinajstić information content (AvgIpc) is 2.62. The molecule has 1 aromatic rings. The highest BCUT2D eigenvalue weighted by atomic mass is 19.4. The molecule has 0 aliphatic carbocycles. The summed E-state index contributed by atoms with van der Waals surface area (Å²) in [5.41, 5.74) is -1.43. The molecule has 0 radical (unpaired) electrons. The van der Waals surface area contributed by atoms with Crippen molar-refractivity contribution in [3.63, 3.8) is 0 Å². The summed E-state index contributed by atoms with van der Waals surface area (Å²) < 4.78 is 39.0. The van der Waals surface area contributed by atoms with Crippen molar-refractivity contribution in [2.75, 3.05) is 4.90 Å². The van der Waals surface area contributed by atoms with E-state index in [0.717, 1.165) is 12.1 Å². The molecule has 1 unspecified atom stereocenters. The molecule has 1 N–H and O–H groups in total. The zero-order chi connectivity index (χ0) is 15.8. The second-order valence-electron chi connectivity index (χ2n) is 5.32. The fourth-order valence-electron chi connectivity index (χ4n) is 2.30. The standard InChI is InChI=1S/C14H15F3N2O2/c1-8(2)7-10-12(20)19(13(21)18-10)11-6-4-3-5-9(11)14(15,16)17/h3-6,8,10H,7H2,1-2H3,(H,18,21). The van der Waals surface area contributed by atoms with Crippen LogP contribution in [0.25, 0.3) is 0 Å². The molecule has 1 heterocycles. The Balaban J connectivity index is 2.39.